The SMILES string of the molecule is CCOC(=O)C(C)(C)Oc1ccc(O)cc1C.O=CO[O-].[C-]#[N+]c1cc(Oc2ccc(OC(C)(C)C(=O)OCC)c(C)c2)cc([N+](=O)[O-])c1.[C-]#[N+]c1cc([N+](=O)[O-])cc([N+](=O)[O-])c1.[H-].[K+].[K+]. The van der Waals surface area contributed by atoms with Crippen molar-refractivity contribution >= 4 is 46.8 Å². The summed E-state index contributed by atoms with van der Waals surface area (Å²) in [5.74, 6) is 0.914. The molecule has 22 nitrogen and oxygen atoms in total. The van der Waals surface area contributed by atoms with Gasteiger partial charge in [-0.25, -0.2) is 19.3 Å². The van der Waals surface area contributed by atoms with Crippen LogP contribution in [0.25, 0.3) is 9.69 Å². The van der Waals surface area contributed by atoms with E-state index in [4.69, 9.17) is 46.9 Å². The van der Waals surface area contributed by atoms with Crippen molar-refractivity contribution in [2.75, 3.05) is 13.2 Å². The predicted octanol–water partition coefficient (Wildman–Crippen LogP) is 2.00. The average Bonchev–Trinajstić information content (AvgIpc) is 3.23. The largest absolute Gasteiger partial charge is 1.00 e. The van der Waals surface area contributed by atoms with Gasteiger partial charge in [0.25, 0.3) is 23.5 Å². The number of phenols is 1. The van der Waals surface area contributed by atoms with Crippen LogP contribution in [-0.2, 0) is 28.7 Å². The minimum atomic E-state index is -1.16. The first kappa shape index (κ1) is 62.0. The summed E-state index contributed by atoms with van der Waals surface area (Å²) < 4.78 is 27.0. The zero-order valence-electron chi connectivity index (χ0n) is 38.1. The van der Waals surface area contributed by atoms with Gasteiger partial charge in [-0.05, 0) is 109 Å². The Morgan fingerprint density at radius 2 is 1.06 bits per heavy atom. The smallest absolute Gasteiger partial charge is 1.00 e. The zero-order chi connectivity index (χ0) is 48.1. The molecule has 1 N–H and O–H groups in total. The summed E-state index contributed by atoms with van der Waals surface area (Å²) in [5, 5.41) is 49.4. The molecule has 0 atom stereocenters. The number of aromatic hydroxyl groups is 1. The van der Waals surface area contributed by atoms with E-state index in [1.54, 1.807) is 85.7 Å². The van der Waals surface area contributed by atoms with Gasteiger partial charge >= 0.3 is 115 Å². The molecule has 0 saturated heterocycles. The minimum absolute atomic E-state index is 0. The van der Waals surface area contributed by atoms with E-state index >= 15 is 0 Å². The Morgan fingerprint density at radius 1 is 0.677 bits per heavy atom. The molecule has 0 unspecified atom stereocenters. The Morgan fingerprint density at radius 3 is 1.42 bits per heavy atom. The van der Waals surface area contributed by atoms with E-state index in [9.17, 15) is 45.0 Å². The third-order valence-electron chi connectivity index (χ3n) is 7.50. The molecule has 0 bridgehead atoms. The first-order valence-corrected chi connectivity index (χ1v) is 18.0. The number of rotatable bonds is 14. The molecule has 65 heavy (non-hydrogen) atoms. The van der Waals surface area contributed by atoms with Crippen molar-refractivity contribution in [3.8, 4) is 28.7 Å². The van der Waals surface area contributed by atoms with Gasteiger partial charge in [-0.3, -0.25) is 35.1 Å². The van der Waals surface area contributed by atoms with Crippen LogP contribution in [0.4, 0.5) is 28.4 Å². The number of hydrogen-bond acceptors (Lipinski definition) is 17. The quantitative estimate of drug-likeness (QED) is 0.0360. The third-order valence-corrected chi connectivity index (χ3v) is 7.50. The number of nitrogens with zero attached hydrogens (tertiary/aromatic N) is 5. The van der Waals surface area contributed by atoms with E-state index in [2.05, 4.69) is 14.6 Å². The molecule has 336 valence electrons. The molecule has 0 radical (unpaired) electrons. The molecular weight excluding hydrogens is 913 g/mol. The second-order valence-electron chi connectivity index (χ2n) is 13.2. The molecule has 0 aromatic heterocycles. The number of aryl methyl sites for hydroxylation is 2. The Kier molecular flexibility index (Phi) is 28.8. The number of phenolic OH excluding ortho intramolecular Hbond substituents is 1. The second kappa shape index (κ2) is 30.2. The Bertz CT molecular complexity index is 2360. The number of carbonyl (C=O) groups is 3. The summed E-state index contributed by atoms with van der Waals surface area (Å²) in [7, 11) is 0. The second-order valence-corrected chi connectivity index (χ2v) is 13.2. The number of nitro groups is 3. The Labute approximate surface area is 459 Å². The van der Waals surface area contributed by atoms with Crippen LogP contribution in [0.15, 0.2) is 72.8 Å². The topological polar surface area (TPSA) is 288 Å². The third kappa shape index (κ3) is 21.6. The maximum atomic E-state index is 12.0. The summed E-state index contributed by atoms with van der Waals surface area (Å²) in [6, 6.07) is 16.3. The van der Waals surface area contributed by atoms with Gasteiger partial charge in [0.2, 0.25) is 5.69 Å². The number of ether oxygens (including phenoxy) is 5. The standard InChI is InChI=1S/C20H20N2O6.C13H18O4.C7H3N3O4.CH2O3.2K.H/c1-6-26-19(23)20(3,4)28-18-8-7-16(9-13(18)2)27-17-11-14(21-5)10-15(12-17)22(24)25;1-5-16-12(15)13(3,4)17-11-7-6-10(14)8-9(11)2;1-8-5-2-6(9(11)12)4-7(3-5)10(13)14;2-1-4-3;;;/h7-12H,6H2,1-4H3;6-8,14H,5H2,1-4H3;2-4H;1,3H;;;/q;;;;2*+1;-1/p-1. The van der Waals surface area contributed by atoms with Gasteiger partial charge in [0.1, 0.15) is 28.7 Å². The van der Waals surface area contributed by atoms with Crippen LogP contribution < -0.4 is 122 Å². The number of esters is 2. The summed E-state index contributed by atoms with van der Waals surface area (Å²) in [6.07, 6.45) is 0. The van der Waals surface area contributed by atoms with Crippen molar-refractivity contribution in [1.29, 1.82) is 0 Å². The molecule has 4 aromatic rings. The zero-order valence-corrected chi connectivity index (χ0v) is 43.4. The fourth-order valence-electron chi connectivity index (χ4n) is 4.58. The van der Waals surface area contributed by atoms with E-state index in [0.717, 1.165) is 23.8 Å². The number of hydrogen-bond donors (Lipinski definition) is 1. The van der Waals surface area contributed by atoms with Crippen molar-refractivity contribution < 1.29 is 172 Å². The van der Waals surface area contributed by atoms with Crippen molar-refractivity contribution in [3.63, 3.8) is 0 Å². The molecule has 0 spiro atoms. The molecule has 0 fully saturated rings. The number of benzene rings is 4. The van der Waals surface area contributed by atoms with E-state index < -0.39 is 49.3 Å². The van der Waals surface area contributed by atoms with Crippen LogP contribution >= 0.6 is 0 Å². The van der Waals surface area contributed by atoms with Gasteiger partial charge in [-0.2, -0.15) is 0 Å². The summed E-state index contributed by atoms with van der Waals surface area (Å²) in [4.78, 5) is 70.5. The molecule has 4 rings (SSSR count). The molecule has 0 heterocycles. The first-order chi connectivity index (χ1) is 29.5. The van der Waals surface area contributed by atoms with Crippen molar-refractivity contribution in [3.05, 3.63) is 137 Å². The van der Waals surface area contributed by atoms with Gasteiger partial charge in [0.05, 0.1) is 53.3 Å². The molecule has 0 amide bonds. The van der Waals surface area contributed by atoms with Gasteiger partial charge in [0, 0.05) is 18.2 Å². The van der Waals surface area contributed by atoms with E-state index in [1.165, 1.54) is 24.3 Å². The van der Waals surface area contributed by atoms with E-state index in [1.807, 2.05) is 0 Å². The average molecular weight is 956 g/mol. The molecular formula is C41H43K2N5O17. The Hall–Kier alpha value is -5.10. The normalized spacial score (nSPS) is 9.77. The van der Waals surface area contributed by atoms with Crippen molar-refractivity contribution in [2.45, 2.75) is 66.6 Å². The minimum Gasteiger partial charge on any atom is -1.00 e. The van der Waals surface area contributed by atoms with Crippen LogP contribution in [-0.4, -0.2) is 62.7 Å². The van der Waals surface area contributed by atoms with Crippen LogP contribution in [0.1, 0.15) is 54.1 Å². The monoisotopic (exact) mass is 955 g/mol. The fourth-order valence-corrected chi connectivity index (χ4v) is 4.58. The number of carbonyl (C=O) groups excluding carboxylic acids is 3. The molecule has 4 aromatic carbocycles. The van der Waals surface area contributed by atoms with Crippen LogP contribution in [0.2, 0.25) is 0 Å². The number of non-ortho nitro benzene ring substituents is 3. The molecule has 0 saturated carbocycles. The van der Waals surface area contributed by atoms with Gasteiger partial charge in [-0.15, -0.1) is 0 Å². The molecule has 0 aliphatic carbocycles. The van der Waals surface area contributed by atoms with Crippen LogP contribution in [0.5, 0.6) is 28.7 Å². The number of nitro benzene ring substituents is 3. The van der Waals surface area contributed by atoms with E-state index in [-0.39, 0.29) is 146 Å². The summed E-state index contributed by atoms with van der Waals surface area (Å²) in [5.41, 5.74) is -1.88. The first-order valence-electron chi connectivity index (χ1n) is 18.0. The van der Waals surface area contributed by atoms with Gasteiger partial charge in [-0.1, -0.05) is 0 Å². The fraction of sp³-hybridized carbons (Fsp3) is 0.293. The van der Waals surface area contributed by atoms with Crippen LogP contribution in [0.3, 0.4) is 0 Å². The maximum Gasteiger partial charge on any atom is 1.00 e. The summed E-state index contributed by atoms with van der Waals surface area (Å²) in [6.45, 7) is 27.6. The Balaban J connectivity index is -0.000000899. The van der Waals surface area contributed by atoms with Crippen molar-refractivity contribution in [2.24, 2.45) is 0 Å². The molecule has 0 aliphatic rings. The van der Waals surface area contributed by atoms with Gasteiger partial charge in [0.15, 0.2) is 16.9 Å². The maximum absolute atomic E-state index is 12.0. The van der Waals surface area contributed by atoms with E-state index in [0.29, 0.717) is 29.4 Å². The van der Waals surface area contributed by atoms with Crippen LogP contribution in [0, 0.1) is 57.3 Å². The van der Waals surface area contributed by atoms with Gasteiger partial charge < -0.3 is 40.4 Å². The predicted molar refractivity (Wildman–Crippen MR) is 220 cm³/mol. The molecule has 0 aliphatic heterocycles. The summed E-state index contributed by atoms with van der Waals surface area (Å²) >= 11 is 0. The molecule has 24 heteroatoms. The van der Waals surface area contributed by atoms with Crippen molar-refractivity contribution in [1.82, 2.24) is 0 Å².